The quantitative estimate of drug-likeness (QED) is 0.0199. The van der Waals surface area contributed by atoms with Gasteiger partial charge >= 0.3 is 17.9 Å². The molecule has 0 bridgehead atoms. The molecule has 63 heavy (non-hydrogen) atoms. The maximum atomic E-state index is 12.8. The Labute approximate surface area is 388 Å². The van der Waals surface area contributed by atoms with Crippen molar-refractivity contribution in [2.45, 2.75) is 245 Å². The lowest BCUT2D eigenvalue weighted by Gasteiger charge is -2.18. The molecule has 0 N–H and O–H groups in total. The summed E-state index contributed by atoms with van der Waals surface area (Å²) in [6, 6.07) is 0. The van der Waals surface area contributed by atoms with Crippen LogP contribution in [-0.2, 0) is 28.6 Å². The molecule has 1 atom stereocenters. The number of carbonyl (C=O) groups is 3. The Morgan fingerprint density at radius 1 is 0.349 bits per heavy atom. The van der Waals surface area contributed by atoms with Crippen LogP contribution in [0.5, 0.6) is 0 Å². The largest absolute Gasteiger partial charge is 0.462 e. The highest BCUT2D eigenvalue weighted by atomic mass is 16.6. The van der Waals surface area contributed by atoms with Gasteiger partial charge in [-0.05, 0) is 64.2 Å². The van der Waals surface area contributed by atoms with Crippen LogP contribution in [-0.4, -0.2) is 37.2 Å². The van der Waals surface area contributed by atoms with Crippen LogP contribution in [0.3, 0.4) is 0 Å². The van der Waals surface area contributed by atoms with Crippen LogP contribution >= 0.6 is 0 Å². The monoisotopic (exact) mass is 877 g/mol. The van der Waals surface area contributed by atoms with Crippen molar-refractivity contribution in [3.05, 3.63) is 85.1 Å². The SMILES string of the molecule is CC/C=C\C/C=C\CCCCCCCCCC(=O)OC(COC(=O)CCCCCCC\C=C/C=C\C=C/C=C\C=C/CCC)COC(=O)CCCCCCCCCCCCCCC. The van der Waals surface area contributed by atoms with E-state index in [9.17, 15) is 14.4 Å². The predicted octanol–water partition coefficient (Wildman–Crippen LogP) is 17.2. The first kappa shape index (κ1) is 59.6. The first-order valence-electron chi connectivity index (χ1n) is 26.2. The van der Waals surface area contributed by atoms with Gasteiger partial charge in [-0.2, -0.15) is 0 Å². The zero-order valence-corrected chi connectivity index (χ0v) is 41.1. The first-order chi connectivity index (χ1) is 31.0. The second-order valence-corrected chi connectivity index (χ2v) is 17.2. The van der Waals surface area contributed by atoms with Crippen molar-refractivity contribution in [1.82, 2.24) is 0 Å². The summed E-state index contributed by atoms with van der Waals surface area (Å²) in [6.07, 6.45) is 65.6. The Balaban J connectivity index is 4.44. The van der Waals surface area contributed by atoms with E-state index in [1.807, 2.05) is 24.3 Å². The van der Waals surface area contributed by atoms with Gasteiger partial charge in [-0.25, -0.2) is 0 Å². The molecule has 0 aromatic carbocycles. The van der Waals surface area contributed by atoms with Gasteiger partial charge in [0.05, 0.1) is 0 Å². The van der Waals surface area contributed by atoms with Crippen molar-refractivity contribution in [1.29, 1.82) is 0 Å². The number of hydrogen-bond donors (Lipinski definition) is 0. The summed E-state index contributed by atoms with van der Waals surface area (Å²) in [5.41, 5.74) is 0. The fourth-order valence-corrected chi connectivity index (χ4v) is 7.10. The second-order valence-electron chi connectivity index (χ2n) is 17.2. The van der Waals surface area contributed by atoms with E-state index in [0.29, 0.717) is 19.3 Å². The molecule has 0 saturated heterocycles. The molecule has 0 radical (unpaired) electrons. The molecule has 1 unspecified atom stereocenters. The minimum atomic E-state index is -0.790. The van der Waals surface area contributed by atoms with Crippen LogP contribution in [0.2, 0.25) is 0 Å². The van der Waals surface area contributed by atoms with Gasteiger partial charge < -0.3 is 14.2 Å². The zero-order valence-electron chi connectivity index (χ0n) is 41.1. The fourth-order valence-electron chi connectivity index (χ4n) is 7.10. The van der Waals surface area contributed by atoms with E-state index in [0.717, 1.165) is 103 Å². The van der Waals surface area contributed by atoms with Gasteiger partial charge in [-0.1, -0.05) is 241 Å². The predicted molar refractivity (Wildman–Crippen MR) is 270 cm³/mol. The second kappa shape index (κ2) is 51.2. The summed E-state index contributed by atoms with van der Waals surface area (Å²) in [5.74, 6) is -0.920. The summed E-state index contributed by atoms with van der Waals surface area (Å²) >= 11 is 0. The topological polar surface area (TPSA) is 78.9 Å². The van der Waals surface area contributed by atoms with Crippen LogP contribution in [0.25, 0.3) is 0 Å². The Hall–Kier alpha value is -3.41. The van der Waals surface area contributed by atoms with Crippen molar-refractivity contribution < 1.29 is 28.6 Å². The van der Waals surface area contributed by atoms with Crippen molar-refractivity contribution in [3.63, 3.8) is 0 Å². The average Bonchev–Trinajstić information content (AvgIpc) is 3.28. The average molecular weight is 877 g/mol. The standard InChI is InChI=1S/C57H96O6/c1-4-7-10-13-16-19-22-25-27-28-29-30-33-35-38-41-44-47-50-56(59)62-53-54(52-61-55(58)49-46-43-40-37-34-31-24-21-18-15-12-9-6-3)63-57(60)51-48-45-42-39-36-32-26-23-20-17-14-11-8-5-2/h8,10-11,13,16-17,19-20,22,25,27-30,54H,4-7,9,12,14-15,18,21,23-24,26,31-53H2,1-3H3/b11-8-,13-10-,19-16-,20-17-,25-22-,28-27-,30-29-. The molecule has 0 aliphatic rings. The van der Waals surface area contributed by atoms with E-state index in [-0.39, 0.29) is 31.1 Å². The van der Waals surface area contributed by atoms with Crippen LogP contribution in [0, 0.1) is 0 Å². The number of ether oxygens (including phenoxy) is 3. The molecule has 0 spiro atoms. The highest BCUT2D eigenvalue weighted by Gasteiger charge is 2.19. The summed E-state index contributed by atoms with van der Waals surface area (Å²) in [5, 5.41) is 0. The lowest BCUT2D eigenvalue weighted by atomic mass is 10.0. The number of rotatable bonds is 46. The minimum Gasteiger partial charge on any atom is -0.462 e. The third kappa shape index (κ3) is 49.5. The Kier molecular flexibility index (Phi) is 48.5. The molecule has 360 valence electrons. The van der Waals surface area contributed by atoms with Gasteiger partial charge in [0, 0.05) is 19.3 Å². The van der Waals surface area contributed by atoms with Crippen molar-refractivity contribution in [3.8, 4) is 0 Å². The van der Waals surface area contributed by atoms with E-state index in [4.69, 9.17) is 14.2 Å². The molecule has 0 aromatic heterocycles. The smallest absolute Gasteiger partial charge is 0.306 e. The Bertz CT molecular complexity index is 1240. The van der Waals surface area contributed by atoms with Gasteiger partial charge in [0.25, 0.3) is 0 Å². The number of unbranched alkanes of at least 4 members (excludes halogenated alkanes) is 25. The van der Waals surface area contributed by atoms with Crippen LogP contribution in [0.4, 0.5) is 0 Å². The van der Waals surface area contributed by atoms with Crippen molar-refractivity contribution in [2.24, 2.45) is 0 Å². The van der Waals surface area contributed by atoms with Crippen LogP contribution in [0.1, 0.15) is 239 Å². The van der Waals surface area contributed by atoms with E-state index < -0.39 is 6.10 Å². The van der Waals surface area contributed by atoms with Gasteiger partial charge in [0.15, 0.2) is 6.10 Å². The number of allylic oxidation sites excluding steroid dienone is 14. The molecule has 6 nitrogen and oxygen atoms in total. The van der Waals surface area contributed by atoms with Crippen LogP contribution in [0.15, 0.2) is 85.1 Å². The van der Waals surface area contributed by atoms with E-state index in [1.165, 1.54) is 96.3 Å². The fraction of sp³-hybridized carbons (Fsp3) is 0.702. The number of hydrogen-bond acceptors (Lipinski definition) is 6. The van der Waals surface area contributed by atoms with Crippen LogP contribution < -0.4 is 0 Å². The zero-order chi connectivity index (χ0) is 45.8. The summed E-state index contributed by atoms with van der Waals surface area (Å²) in [7, 11) is 0. The summed E-state index contributed by atoms with van der Waals surface area (Å²) < 4.78 is 16.8. The summed E-state index contributed by atoms with van der Waals surface area (Å²) in [6.45, 7) is 6.42. The maximum Gasteiger partial charge on any atom is 0.306 e. The minimum absolute atomic E-state index is 0.0871. The maximum absolute atomic E-state index is 12.8. The lowest BCUT2D eigenvalue weighted by Crippen LogP contribution is -2.30. The third-order valence-corrected chi connectivity index (χ3v) is 11.0. The van der Waals surface area contributed by atoms with Gasteiger partial charge in [0.2, 0.25) is 0 Å². The van der Waals surface area contributed by atoms with E-state index >= 15 is 0 Å². The Morgan fingerprint density at radius 2 is 0.714 bits per heavy atom. The Morgan fingerprint density at radius 3 is 1.16 bits per heavy atom. The number of esters is 3. The first-order valence-corrected chi connectivity index (χ1v) is 26.2. The molecule has 0 aromatic rings. The van der Waals surface area contributed by atoms with Crippen molar-refractivity contribution >= 4 is 17.9 Å². The molecule has 0 fully saturated rings. The van der Waals surface area contributed by atoms with E-state index in [2.05, 4.69) is 81.5 Å². The third-order valence-electron chi connectivity index (χ3n) is 11.0. The van der Waals surface area contributed by atoms with Gasteiger partial charge in [-0.3, -0.25) is 14.4 Å². The highest BCUT2D eigenvalue weighted by Crippen LogP contribution is 2.15. The molecule has 0 aliphatic heterocycles. The molecule has 0 amide bonds. The molecule has 0 heterocycles. The van der Waals surface area contributed by atoms with E-state index in [1.54, 1.807) is 0 Å². The molecule has 0 saturated carbocycles. The highest BCUT2D eigenvalue weighted by molar-refractivity contribution is 5.71. The number of carbonyl (C=O) groups excluding carboxylic acids is 3. The molecule has 0 aliphatic carbocycles. The van der Waals surface area contributed by atoms with Gasteiger partial charge in [0.1, 0.15) is 13.2 Å². The summed E-state index contributed by atoms with van der Waals surface area (Å²) in [4.78, 5) is 38.0. The molecular weight excluding hydrogens is 781 g/mol. The lowest BCUT2D eigenvalue weighted by molar-refractivity contribution is -0.167. The van der Waals surface area contributed by atoms with Crippen molar-refractivity contribution in [2.75, 3.05) is 13.2 Å². The van der Waals surface area contributed by atoms with Gasteiger partial charge in [-0.15, -0.1) is 0 Å². The molecular formula is C57H96O6. The normalized spacial score (nSPS) is 12.7. The molecule has 0 rings (SSSR count). The molecule has 6 heteroatoms.